The van der Waals surface area contributed by atoms with Crippen LogP contribution in [-0.2, 0) is 9.47 Å². The van der Waals surface area contributed by atoms with Gasteiger partial charge in [-0.05, 0) is 30.9 Å². The van der Waals surface area contributed by atoms with Gasteiger partial charge in [0, 0.05) is 18.1 Å². The van der Waals surface area contributed by atoms with Crippen molar-refractivity contribution < 1.29 is 14.6 Å². The first-order valence-electron chi connectivity index (χ1n) is 7.35. The van der Waals surface area contributed by atoms with E-state index in [4.69, 9.17) is 21.1 Å². The largest absolute Gasteiger partial charge is 0.396 e. The molecule has 1 aliphatic rings. The Labute approximate surface area is 125 Å². The first kappa shape index (κ1) is 15.8. The number of benzene rings is 1. The Kier molecular flexibility index (Phi) is 5.44. The highest BCUT2D eigenvalue weighted by Crippen LogP contribution is 2.42. The van der Waals surface area contributed by atoms with E-state index in [1.54, 1.807) is 0 Å². The quantitative estimate of drug-likeness (QED) is 0.890. The topological polar surface area (TPSA) is 38.7 Å². The lowest BCUT2D eigenvalue weighted by molar-refractivity contribution is -0.324. The van der Waals surface area contributed by atoms with Crippen LogP contribution in [0.5, 0.6) is 0 Å². The highest BCUT2D eigenvalue weighted by molar-refractivity contribution is 6.31. The maximum Gasteiger partial charge on any atom is 0.168 e. The number of aliphatic hydroxyl groups is 1. The van der Waals surface area contributed by atoms with Crippen molar-refractivity contribution in [3.8, 4) is 0 Å². The summed E-state index contributed by atoms with van der Waals surface area (Å²) in [7, 11) is 0. The van der Waals surface area contributed by atoms with Crippen molar-refractivity contribution in [2.45, 2.75) is 57.5 Å². The summed E-state index contributed by atoms with van der Waals surface area (Å²) >= 11 is 6.29. The van der Waals surface area contributed by atoms with E-state index in [2.05, 4.69) is 13.8 Å². The maximum absolute atomic E-state index is 9.20. The smallest absolute Gasteiger partial charge is 0.168 e. The van der Waals surface area contributed by atoms with Gasteiger partial charge in [0.1, 0.15) is 0 Å². The number of hydrogen-bond donors (Lipinski definition) is 1. The molecular weight excluding hydrogens is 276 g/mol. The Hall–Kier alpha value is -0.610. The highest BCUT2D eigenvalue weighted by Gasteiger charge is 2.40. The second-order valence-corrected chi connectivity index (χ2v) is 5.64. The number of rotatable bonds is 5. The summed E-state index contributed by atoms with van der Waals surface area (Å²) in [6.45, 7) is 4.26. The monoisotopic (exact) mass is 298 g/mol. The molecule has 112 valence electrons. The van der Waals surface area contributed by atoms with Crippen LogP contribution in [-0.4, -0.2) is 23.6 Å². The molecule has 0 radical (unpaired) electrons. The van der Waals surface area contributed by atoms with Gasteiger partial charge in [-0.2, -0.15) is 0 Å². The average Bonchev–Trinajstić information content (AvgIpc) is 2.47. The average molecular weight is 299 g/mol. The van der Waals surface area contributed by atoms with Crippen LogP contribution >= 0.6 is 11.6 Å². The normalized spacial score (nSPS) is 25.6. The number of hydrogen-bond acceptors (Lipinski definition) is 3. The van der Waals surface area contributed by atoms with Gasteiger partial charge in [-0.1, -0.05) is 43.6 Å². The summed E-state index contributed by atoms with van der Waals surface area (Å²) < 4.78 is 12.3. The van der Waals surface area contributed by atoms with E-state index < -0.39 is 5.79 Å². The molecule has 2 rings (SSSR count). The number of halogens is 1. The third-order valence-electron chi connectivity index (χ3n) is 4.00. The Balaban J connectivity index is 2.26. The van der Waals surface area contributed by atoms with E-state index in [0.717, 1.165) is 29.8 Å². The van der Waals surface area contributed by atoms with Crippen molar-refractivity contribution in [2.75, 3.05) is 6.61 Å². The molecule has 1 aliphatic heterocycles. The third-order valence-corrected chi connectivity index (χ3v) is 4.34. The van der Waals surface area contributed by atoms with Gasteiger partial charge in [-0.3, -0.25) is 0 Å². The van der Waals surface area contributed by atoms with Crippen LogP contribution < -0.4 is 0 Å². The van der Waals surface area contributed by atoms with Gasteiger partial charge in [0.2, 0.25) is 0 Å². The fourth-order valence-electron chi connectivity index (χ4n) is 2.76. The summed E-state index contributed by atoms with van der Waals surface area (Å²) in [6, 6.07) is 7.78. The molecule has 1 saturated heterocycles. The van der Waals surface area contributed by atoms with E-state index in [1.807, 2.05) is 24.3 Å². The number of ether oxygens (including phenoxy) is 2. The van der Waals surface area contributed by atoms with Crippen LogP contribution in [0.3, 0.4) is 0 Å². The molecule has 0 spiro atoms. The zero-order valence-corrected chi connectivity index (χ0v) is 12.9. The van der Waals surface area contributed by atoms with Crippen LogP contribution in [0.15, 0.2) is 24.3 Å². The van der Waals surface area contributed by atoms with Gasteiger partial charge in [0.15, 0.2) is 5.79 Å². The first-order chi connectivity index (χ1) is 9.64. The fraction of sp³-hybridized carbons (Fsp3) is 0.625. The lowest BCUT2D eigenvalue weighted by Crippen LogP contribution is -2.45. The van der Waals surface area contributed by atoms with Crippen LogP contribution in [0.2, 0.25) is 5.02 Å². The maximum atomic E-state index is 9.20. The predicted octanol–water partition coefficient (Wildman–Crippen LogP) is 4.09. The summed E-state index contributed by atoms with van der Waals surface area (Å²) in [6.07, 6.45) is 2.86. The molecule has 20 heavy (non-hydrogen) atoms. The summed E-state index contributed by atoms with van der Waals surface area (Å²) in [5.74, 6) is -0.568. The van der Waals surface area contributed by atoms with Crippen molar-refractivity contribution in [1.82, 2.24) is 0 Å². The van der Waals surface area contributed by atoms with Crippen LogP contribution in [0.4, 0.5) is 0 Å². The Morgan fingerprint density at radius 3 is 2.55 bits per heavy atom. The van der Waals surface area contributed by atoms with Gasteiger partial charge < -0.3 is 14.6 Å². The Morgan fingerprint density at radius 1 is 1.25 bits per heavy atom. The molecule has 1 aromatic carbocycles. The zero-order chi connectivity index (χ0) is 14.6. The molecule has 1 aromatic rings. The van der Waals surface area contributed by atoms with Crippen LogP contribution in [0.25, 0.3) is 0 Å². The van der Waals surface area contributed by atoms with Gasteiger partial charge in [-0.15, -0.1) is 0 Å². The molecule has 0 amide bonds. The molecule has 3 nitrogen and oxygen atoms in total. The molecule has 1 fully saturated rings. The lowest BCUT2D eigenvalue weighted by atomic mass is 9.97. The molecule has 0 aliphatic carbocycles. The van der Waals surface area contributed by atoms with E-state index in [9.17, 15) is 5.11 Å². The second kappa shape index (κ2) is 6.90. The SMILES string of the molecule is CCC1(CC)O[C@@H](CCO)C[C@@H](c2ccccc2Cl)O1. The minimum atomic E-state index is -0.568. The molecule has 0 aromatic heterocycles. The summed E-state index contributed by atoms with van der Waals surface area (Å²) in [4.78, 5) is 0. The van der Waals surface area contributed by atoms with Crippen molar-refractivity contribution in [1.29, 1.82) is 0 Å². The van der Waals surface area contributed by atoms with Crippen molar-refractivity contribution in [2.24, 2.45) is 0 Å². The molecule has 0 bridgehead atoms. The molecular formula is C16H23ClO3. The molecule has 0 unspecified atom stereocenters. The molecule has 1 heterocycles. The molecule has 0 saturated carbocycles. The van der Waals surface area contributed by atoms with Gasteiger partial charge >= 0.3 is 0 Å². The minimum absolute atomic E-state index is 0.00919. The standard InChI is InChI=1S/C16H23ClO3/c1-3-16(4-2)19-12(9-10-18)11-15(20-16)13-7-5-6-8-14(13)17/h5-8,12,15,18H,3-4,9-11H2,1-2H3/t12-,15-/m0/s1. The van der Waals surface area contributed by atoms with Crippen molar-refractivity contribution in [3.05, 3.63) is 34.9 Å². The minimum Gasteiger partial charge on any atom is -0.396 e. The van der Waals surface area contributed by atoms with E-state index >= 15 is 0 Å². The highest BCUT2D eigenvalue weighted by atomic mass is 35.5. The number of aliphatic hydroxyl groups excluding tert-OH is 1. The predicted molar refractivity (Wildman–Crippen MR) is 79.8 cm³/mol. The molecule has 4 heteroatoms. The first-order valence-corrected chi connectivity index (χ1v) is 7.72. The van der Waals surface area contributed by atoms with Gasteiger partial charge in [0.25, 0.3) is 0 Å². The fourth-order valence-corrected chi connectivity index (χ4v) is 3.01. The summed E-state index contributed by atoms with van der Waals surface area (Å²) in [5, 5.41) is 9.92. The van der Waals surface area contributed by atoms with Crippen LogP contribution in [0, 0.1) is 0 Å². The van der Waals surface area contributed by atoms with Gasteiger partial charge in [0.05, 0.1) is 12.2 Å². The lowest BCUT2D eigenvalue weighted by Gasteiger charge is -2.44. The van der Waals surface area contributed by atoms with E-state index in [1.165, 1.54) is 0 Å². The van der Waals surface area contributed by atoms with E-state index in [-0.39, 0.29) is 18.8 Å². The second-order valence-electron chi connectivity index (χ2n) is 5.23. The van der Waals surface area contributed by atoms with Crippen LogP contribution in [0.1, 0.15) is 51.2 Å². The zero-order valence-electron chi connectivity index (χ0n) is 12.1. The Bertz CT molecular complexity index is 431. The molecule has 2 atom stereocenters. The summed E-state index contributed by atoms with van der Waals surface area (Å²) in [5.41, 5.74) is 1.01. The third kappa shape index (κ3) is 3.34. The molecule has 1 N–H and O–H groups in total. The van der Waals surface area contributed by atoms with Crippen molar-refractivity contribution >= 4 is 11.6 Å². The van der Waals surface area contributed by atoms with E-state index in [0.29, 0.717) is 6.42 Å². The van der Waals surface area contributed by atoms with Gasteiger partial charge in [-0.25, -0.2) is 0 Å². The van der Waals surface area contributed by atoms with Crippen molar-refractivity contribution in [3.63, 3.8) is 0 Å². The Morgan fingerprint density at radius 2 is 1.95 bits per heavy atom.